The molecule has 0 aromatic carbocycles. The fourth-order valence-electron chi connectivity index (χ4n) is 1.33. The van der Waals surface area contributed by atoms with Crippen LogP contribution in [-0.2, 0) is 14.4 Å². The lowest BCUT2D eigenvalue weighted by atomic mass is 10.2. The van der Waals surface area contributed by atoms with Gasteiger partial charge in [-0.15, -0.1) is 0 Å². The molecule has 0 aromatic rings. The van der Waals surface area contributed by atoms with Gasteiger partial charge in [-0.1, -0.05) is 0 Å². The van der Waals surface area contributed by atoms with E-state index in [1.54, 1.807) is 0 Å². The SMILES string of the molecule is CC(=O)NC[C@@H](CC(=O)NC(C)C)NC(C)=O. The van der Waals surface area contributed by atoms with Crippen LogP contribution in [0.1, 0.15) is 34.1 Å². The maximum Gasteiger partial charge on any atom is 0.222 e. The summed E-state index contributed by atoms with van der Waals surface area (Å²) in [4.78, 5) is 33.2. The molecule has 0 saturated carbocycles. The van der Waals surface area contributed by atoms with Crippen molar-refractivity contribution in [2.45, 2.75) is 46.2 Å². The number of hydrogen-bond acceptors (Lipinski definition) is 3. The highest BCUT2D eigenvalue weighted by atomic mass is 16.2. The molecule has 0 aliphatic rings. The first kappa shape index (κ1) is 15.4. The van der Waals surface area contributed by atoms with Gasteiger partial charge in [0.2, 0.25) is 17.7 Å². The predicted octanol–water partition coefficient (Wildman–Crippen LogP) is -0.458. The Kier molecular flexibility index (Phi) is 6.93. The van der Waals surface area contributed by atoms with Gasteiger partial charge >= 0.3 is 0 Å². The molecule has 0 aromatic heterocycles. The van der Waals surface area contributed by atoms with Gasteiger partial charge in [0.05, 0.1) is 6.04 Å². The van der Waals surface area contributed by atoms with Gasteiger partial charge in [-0.3, -0.25) is 14.4 Å². The third kappa shape index (κ3) is 9.35. The maximum atomic E-state index is 11.5. The predicted molar refractivity (Wildman–Crippen MR) is 64.2 cm³/mol. The molecule has 0 rings (SSSR count). The minimum Gasteiger partial charge on any atom is -0.354 e. The number of nitrogens with one attached hydrogen (secondary N) is 3. The van der Waals surface area contributed by atoms with Gasteiger partial charge in [0.15, 0.2) is 0 Å². The first-order valence-corrected chi connectivity index (χ1v) is 5.62. The average molecular weight is 243 g/mol. The van der Waals surface area contributed by atoms with Crippen LogP contribution in [0.15, 0.2) is 0 Å². The number of rotatable bonds is 6. The molecule has 6 nitrogen and oxygen atoms in total. The van der Waals surface area contributed by atoms with E-state index in [0.29, 0.717) is 0 Å². The summed E-state index contributed by atoms with van der Waals surface area (Å²) in [6.07, 6.45) is 0.151. The maximum absolute atomic E-state index is 11.5. The standard InChI is InChI=1S/C11H21N3O3/c1-7(2)13-11(17)5-10(14-9(4)16)6-12-8(3)15/h7,10H,5-6H2,1-4H3,(H,12,15)(H,13,17)(H,14,16)/t10-/m1/s1. The number of hydrogen-bond donors (Lipinski definition) is 3. The Labute approximate surface area is 102 Å². The number of carbonyl (C=O) groups excluding carboxylic acids is 3. The Morgan fingerprint density at radius 3 is 2.00 bits per heavy atom. The highest BCUT2D eigenvalue weighted by molar-refractivity contribution is 5.79. The second-order valence-electron chi connectivity index (χ2n) is 4.26. The summed E-state index contributed by atoms with van der Waals surface area (Å²) in [5, 5.41) is 7.93. The molecule has 3 N–H and O–H groups in total. The van der Waals surface area contributed by atoms with Crippen LogP contribution in [-0.4, -0.2) is 36.3 Å². The van der Waals surface area contributed by atoms with Crippen molar-refractivity contribution in [2.24, 2.45) is 0 Å². The van der Waals surface area contributed by atoms with Gasteiger partial charge in [-0.25, -0.2) is 0 Å². The highest BCUT2D eigenvalue weighted by Gasteiger charge is 2.15. The second kappa shape index (κ2) is 7.65. The van der Waals surface area contributed by atoms with E-state index in [1.807, 2.05) is 13.8 Å². The van der Waals surface area contributed by atoms with Crippen molar-refractivity contribution in [3.05, 3.63) is 0 Å². The van der Waals surface area contributed by atoms with E-state index in [-0.39, 0.29) is 42.8 Å². The second-order valence-corrected chi connectivity index (χ2v) is 4.26. The van der Waals surface area contributed by atoms with Crippen LogP contribution >= 0.6 is 0 Å². The third-order valence-electron chi connectivity index (χ3n) is 1.89. The molecule has 0 aliphatic carbocycles. The van der Waals surface area contributed by atoms with Crippen LogP contribution in [0, 0.1) is 0 Å². The van der Waals surface area contributed by atoms with Gasteiger partial charge in [0, 0.05) is 32.9 Å². The van der Waals surface area contributed by atoms with Gasteiger partial charge in [-0.2, -0.15) is 0 Å². The minimum atomic E-state index is -0.379. The van der Waals surface area contributed by atoms with Crippen molar-refractivity contribution >= 4 is 17.7 Å². The lowest BCUT2D eigenvalue weighted by molar-refractivity contribution is -0.124. The highest BCUT2D eigenvalue weighted by Crippen LogP contribution is 1.93. The van der Waals surface area contributed by atoms with Crippen LogP contribution < -0.4 is 16.0 Å². The number of amides is 3. The fraction of sp³-hybridized carbons (Fsp3) is 0.727. The molecular weight excluding hydrogens is 222 g/mol. The molecule has 0 bridgehead atoms. The average Bonchev–Trinajstić information content (AvgIpc) is 2.11. The van der Waals surface area contributed by atoms with Crippen molar-refractivity contribution in [2.75, 3.05) is 6.54 Å². The summed E-state index contributed by atoms with van der Waals surface area (Å²) in [5.74, 6) is -0.563. The summed E-state index contributed by atoms with van der Waals surface area (Å²) in [7, 11) is 0. The van der Waals surface area contributed by atoms with Gasteiger partial charge < -0.3 is 16.0 Å². The van der Waals surface area contributed by atoms with E-state index >= 15 is 0 Å². The van der Waals surface area contributed by atoms with Gasteiger partial charge in [-0.05, 0) is 13.8 Å². The molecule has 6 heteroatoms. The van der Waals surface area contributed by atoms with Crippen molar-refractivity contribution in [1.82, 2.24) is 16.0 Å². The minimum absolute atomic E-state index is 0.0567. The molecule has 0 saturated heterocycles. The van der Waals surface area contributed by atoms with Crippen LogP contribution in [0.5, 0.6) is 0 Å². The van der Waals surface area contributed by atoms with Crippen molar-refractivity contribution < 1.29 is 14.4 Å². The van der Waals surface area contributed by atoms with E-state index in [9.17, 15) is 14.4 Å². The Balaban J connectivity index is 4.22. The molecule has 1 atom stereocenters. The molecule has 17 heavy (non-hydrogen) atoms. The van der Waals surface area contributed by atoms with Crippen LogP contribution in [0.4, 0.5) is 0 Å². The van der Waals surface area contributed by atoms with E-state index in [1.165, 1.54) is 13.8 Å². The zero-order valence-corrected chi connectivity index (χ0v) is 10.8. The van der Waals surface area contributed by atoms with E-state index < -0.39 is 0 Å². The smallest absolute Gasteiger partial charge is 0.222 e. The van der Waals surface area contributed by atoms with E-state index in [2.05, 4.69) is 16.0 Å². The zero-order chi connectivity index (χ0) is 13.4. The summed E-state index contributed by atoms with van der Waals surface area (Å²) in [5.41, 5.74) is 0. The molecule has 0 spiro atoms. The molecule has 0 aliphatic heterocycles. The lowest BCUT2D eigenvalue weighted by Crippen LogP contribution is -2.46. The third-order valence-corrected chi connectivity index (χ3v) is 1.89. The molecule has 0 heterocycles. The monoisotopic (exact) mass is 243 g/mol. The Morgan fingerprint density at radius 1 is 1.00 bits per heavy atom. The summed E-state index contributed by atoms with van der Waals surface area (Å²) >= 11 is 0. The number of carbonyl (C=O) groups is 3. The molecule has 98 valence electrons. The normalized spacial score (nSPS) is 11.8. The fourth-order valence-corrected chi connectivity index (χ4v) is 1.33. The van der Waals surface area contributed by atoms with Gasteiger partial charge in [0.1, 0.15) is 0 Å². The molecule has 0 unspecified atom stereocenters. The Bertz CT molecular complexity index is 290. The Hall–Kier alpha value is -1.59. The van der Waals surface area contributed by atoms with Crippen molar-refractivity contribution in [3.8, 4) is 0 Å². The molecule has 3 amide bonds. The lowest BCUT2D eigenvalue weighted by Gasteiger charge is -2.18. The van der Waals surface area contributed by atoms with E-state index in [0.717, 1.165) is 0 Å². The Morgan fingerprint density at radius 2 is 1.59 bits per heavy atom. The van der Waals surface area contributed by atoms with Crippen LogP contribution in [0.2, 0.25) is 0 Å². The summed E-state index contributed by atoms with van der Waals surface area (Å²) in [6, 6.07) is -0.323. The first-order valence-electron chi connectivity index (χ1n) is 5.62. The van der Waals surface area contributed by atoms with Crippen molar-refractivity contribution in [3.63, 3.8) is 0 Å². The molecular formula is C11H21N3O3. The van der Waals surface area contributed by atoms with Crippen LogP contribution in [0.25, 0.3) is 0 Å². The molecule has 0 fully saturated rings. The van der Waals surface area contributed by atoms with E-state index in [4.69, 9.17) is 0 Å². The summed E-state index contributed by atoms with van der Waals surface area (Å²) < 4.78 is 0. The van der Waals surface area contributed by atoms with Crippen molar-refractivity contribution in [1.29, 1.82) is 0 Å². The van der Waals surface area contributed by atoms with Crippen LogP contribution in [0.3, 0.4) is 0 Å². The molecule has 0 radical (unpaired) electrons. The first-order chi connectivity index (χ1) is 7.81. The zero-order valence-electron chi connectivity index (χ0n) is 10.8. The quantitative estimate of drug-likeness (QED) is 0.590. The topological polar surface area (TPSA) is 87.3 Å². The van der Waals surface area contributed by atoms with Gasteiger partial charge in [0.25, 0.3) is 0 Å². The largest absolute Gasteiger partial charge is 0.354 e. The summed E-state index contributed by atoms with van der Waals surface area (Å²) in [6.45, 7) is 6.73.